The molecule has 0 unspecified atom stereocenters. The van der Waals surface area contributed by atoms with Gasteiger partial charge in [-0.2, -0.15) is 0 Å². The summed E-state index contributed by atoms with van der Waals surface area (Å²) in [5.74, 6) is -0.197. The second kappa shape index (κ2) is 6.53. The zero-order valence-corrected chi connectivity index (χ0v) is 14.5. The van der Waals surface area contributed by atoms with Gasteiger partial charge in [0.15, 0.2) is 5.75 Å². The lowest BCUT2D eigenvalue weighted by Gasteiger charge is -2.29. The average Bonchev–Trinajstić information content (AvgIpc) is 2.59. The number of halogens is 1. The quantitative estimate of drug-likeness (QED) is 0.848. The standard InChI is InChI=1S/C19H17ClN2O3/c1-12-17-19(24)18(23)16(13(2)25-3)11-22(17)8-7-21(12)10-14-5-4-6-15(20)9-14/h4-9,11,24H,1-2,10H2,3H3. The first-order valence-corrected chi connectivity index (χ1v) is 7.90. The zero-order chi connectivity index (χ0) is 18.1. The predicted octanol–water partition coefficient (Wildman–Crippen LogP) is 3.74. The topological polar surface area (TPSA) is 54.7 Å². The van der Waals surface area contributed by atoms with E-state index in [2.05, 4.69) is 13.2 Å². The molecule has 3 rings (SSSR count). The van der Waals surface area contributed by atoms with Gasteiger partial charge in [0.05, 0.1) is 18.4 Å². The molecular weight excluding hydrogens is 340 g/mol. The molecular formula is C19H17ClN2O3. The van der Waals surface area contributed by atoms with Gasteiger partial charge in [-0.1, -0.05) is 36.9 Å². The maximum atomic E-state index is 12.4. The van der Waals surface area contributed by atoms with Gasteiger partial charge in [-0.3, -0.25) is 4.79 Å². The molecule has 0 spiro atoms. The van der Waals surface area contributed by atoms with Crippen LogP contribution in [0.5, 0.6) is 5.75 Å². The number of hydrogen-bond donors (Lipinski definition) is 1. The summed E-state index contributed by atoms with van der Waals surface area (Å²) in [6.45, 7) is 8.21. The summed E-state index contributed by atoms with van der Waals surface area (Å²) in [6.07, 6.45) is 5.13. The van der Waals surface area contributed by atoms with Gasteiger partial charge in [-0.05, 0) is 17.7 Å². The van der Waals surface area contributed by atoms with E-state index in [4.69, 9.17) is 16.3 Å². The second-order valence-corrected chi connectivity index (χ2v) is 6.04. The molecule has 25 heavy (non-hydrogen) atoms. The van der Waals surface area contributed by atoms with E-state index >= 15 is 0 Å². The van der Waals surface area contributed by atoms with Crippen LogP contribution in [-0.2, 0) is 11.3 Å². The Morgan fingerprint density at radius 2 is 2.12 bits per heavy atom. The summed E-state index contributed by atoms with van der Waals surface area (Å²) in [5, 5.41) is 11.0. The monoisotopic (exact) mass is 356 g/mol. The van der Waals surface area contributed by atoms with Crippen molar-refractivity contribution in [2.45, 2.75) is 6.54 Å². The summed E-state index contributed by atoms with van der Waals surface area (Å²) in [4.78, 5) is 14.2. The Morgan fingerprint density at radius 3 is 2.80 bits per heavy atom. The maximum Gasteiger partial charge on any atom is 0.234 e. The largest absolute Gasteiger partial charge is 0.503 e. The van der Waals surface area contributed by atoms with E-state index in [1.807, 2.05) is 29.3 Å². The highest BCUT2D eigenvalue weighted by atomic mass is 35.5. The fourth-order valence-electron chi connectivity index (χ4n) is 2.69. The number of aromatic nitrogens is 1. The number of pyridine rings is 1. The SMILES string of the molecule is C=C(OC)c1cn2c(c(O)c1=O)C(=C)N(Cc1cccc(Cl)c1)C=C2. The average molecular weight is 357 g/mol. The lowest BCUT2D eigenvalue weighted by Crippen LogP contribution is -2.24. The number of benzene rings is 1. The first-order valence-electron chi connectivity index (χ1n) is 7.52. The van der Waals surface area contributed by atoms with Crippen LogP contribution in [0.15, 0.2) is 54.6 Å². The molecule has 0 atom stereocenters. The number of rotatable bonds is 4. The molecule has 5 nitrogen and oxygen atoms in total. The van der Waals surface area contributed by atoms with Crippen molar-refractivity contribution in [1.82, 2.24) is 9.47 Å². The molecule has 1 aliphatic heterocycles. The van der Waals surface area contributed by atoms with Crippen LogP contribution in [0, 0.1) is 0 Å². The van der Waals surface area contributed by atoms with E-state index in [9.17, 15) is 9.90 Å². The maximum absolute atomic E-state index is 12.4. The summed E-state index contributed by atoms with van der Waals surface area (Å²) < 4.78 is 6.64. The van der Waals surface area contributed by atoms with Crippen LogP contribution in [-0.4, -0.2) is 21.7 Å². The lowest BCUT2D eigenvalue weighted by molar-refractivity contribution is 0.369. The number of methoxy groups -OCH3 is 1. The number of ether oxygens (including phenoxy) is 1. The summed E-state index contributed by atoms with van der Waals surface area (Å²) >= 11 is 6.02. The Balaban J connectivity index is 2.00. The van der Waals surface area contributed by atoms with Crippen molar-refractivity contribution in [3.8, 4) is 5.75 Å². The molecule has 6 heteroatoms. The number of hydrogen-bond acceptors (Lipinski definition) is 4. The Labute approximate surface area is 150 Å². The Hall–Kier alpha value is -2.92. The minimum atomic E-state index is -0.544. The van der Waals surface area contributed by atoms with Gasteiger partial charge in [-0.15, -0.1) is 0 Å². The van der Waals surface area contributed by atoms with Crippen LogP contribution in [0.1, 0.15) is 16.8 Å². The first kappa shape index (κ1) is 16.9. The highest BCUT2D eigenvalue weighted by Gasteiger charge is 2.23. The molecule has 1 N–H and O–H groups in total. The van der Waals surface area contributed by atoms with Crippen LogP contribution in [0.4, 0.5) is 0 Å². The molecule has 0 fully saturated rings. The molecule has 128 valence electrons. The summed E-state index contributed by atoms with van der Waals surface area (Å²) in [5.41, 5.74) is 1.48. The van der Waals surface area contributed by atoms with E-state index in [0.29, 0.717) is 23.0 Å². The molecule has 1 aromatic heterocycles. The lowest BCUT2D eigenvalue weighted by atomic mass is 10.1. The van der Waals surface area contributed by atoms with Crippen molar-refractivity contribution in [3.05, 3.63) is 81.9 Å². The van der Waals surface area contributed by atoms with E-state index in [0.717, 1.165) is 5.56 Å². The molecule has 0 saturated heterocycles. The molecule has 2 aromatic rings. The predicted molar refractivity (Wildman–Crippen MR) is 99.8 cm³/mol. The van der Waals surface area contributed by atoms with Crippen molar-refractivity contribution in [3.63, 3.8) is 0 Å². The molecule has 0 aliphatic carbocycles. The van der Waals surface area contributed by atoms with Gasteiger partial charge in [0.2, 0.25) is 5.43 Å². The van der Waals surface area contributed by atoms with Gasteiger partial charge in [0.1, 0.15) is 11.5 Å². The highest BCUT2D eigenvalue weighted by Crippen LogP contribution is 2.31. The Kier molecular flexibility index (Phi) is 4.42. The fraction of sp³-hybridized carbons (Fsp3) is 0.105. The van der Waals surface area contributed by atoms with Gasteiger partial charge < -0.3 is 19.3 Å². The Morgan fingerprint density at radius 1 is 1.36 bits per heavy atom. The number of fused-ring (bicyclic) bond motifs is 1. The minimum absolute atomic E-state index is 0.191. The van der Waals surface area contributed by atoms with Crippen LogP contribution in [0.25, 0.3) is 17.7 Å². The van der Waals surface area contributed by atoms with Crippen molar-refractivity contribution in [2.75, 3.05) is 7.11 Å². The van der Waals surface area contributed by atoms with Crippen LogP contribution in [0.2, 0.25) is 5.02 Å². The van der Waals surface area contributed by atoms with Crippen LogP contribution < -0.4 is 5.43 Å². The zero-order valence-electron chi connectivity index (χ0n) is 13.7. The van der Waals surface area contributed by atoms with Crippen LogP contribution >= 0.6 is 11.6 Å². The fourth-order valence-corrected chi connectivity index (χ4v) is 2.90. The van der Waals surface area contributed by atoms with Crippen molar-refractivity contribution >= 4 is 29.3 Å². The molecule has 1 aromatic carbocycles. The number of aromatic hydroxyl groups is 1. The normalized spacial score (nSPS) is 12.9. The van der Waals surface area contributed by atoms with E-state index in [1.165, 1.54) is 7.11 Å². The van der Waals surface area contributed by atoms with Gasteiger partial charge >= 0.3 is 0 Å². The molecule has 1 aliphatic rings. The molecule has 0 radical (unpaired) electrons. The van der Waals surface area contributed by atoms with Gasteiger partial charge in [0.25, 0.3) is 0 Å². The molecule has 0 amide bonds. The third-order valence-electron chi connectivity index (χ3n) is 4.03. The van der Waals surface area contributed by atoms with Gasteiger partial charge in [-0.25, -0.2) is 0 Å². The van der Waals surface area contributed by atoms with E-state index in [-0.39, 0.29) is 17.1 Å². The summed E-state index contributed by atoms with van der Waals surface area (Å²) in [7, 11) is 1.42. The first-order chi connectivity index (χ1) is 11.9. The minimum Gasteiger partial charge on any atom is -0.503 e. The van der Waals surface area contributed by atoms with Crippen molar-refractivity contribution in [1.29, 1.82) is 0 Å². The molecule has 0 saturated carbocycles. The second-order valence-electron chi connectivity index (χ2n) is 5.61. The van der Waals surface area contributed by atoms with E-state index in [1.54, 1.807) is 23.0 Å². The smallest absolute Gasteiger partial charge is 0.234 e. The summed E-state index contributed by atoms with van der Waals surface area (Å²) in [6, 6.07) is 7.47. The highest BCUT2D eigenvalue weighted by molar-refractivity contribution is 6.30. The van der Waals surface area contributed by atoms with Crippen LogP contribution in [0.3, 0.4) is 0 Å². The molecule has 0 bridgehead atoms. The van der Waals surface area contributed by atoms with Crippen molar-refractivity contribution in [2.24, 2.45) is 0 Å². The number of nitrogens with zero attached hydrogens (tertiary/aromatic N) is 2. The van der Waals surface area contributed by atoms with Gasteiger partial charge in [0, 0.05) is 30.2 Å². The molecule has 2 heterocycles. The van der Waals surface area contributed by atoms with E-state index < -0.39 is 5.43 Å². The Bertz CT molecular complexity index is 960. The third kappa shape index (κ3) is 3.06. The third-order valence-corrected chi connectivity index (χ3v) is 4.26. The van der Waals surface area contributed by atoms with Crippen molar-refractivity contribution < 1.29 is 9.84 Å².